The maximum absolute atomic E-state index is 11.9. The summed E-state index contributed by atoms with van der Waals surface area (Å²) in [4.78, 5) is 23.2. The molecule has 0 fully saturated rings. The van der Waals surface area contributed by atoms with Gasteiger partial charge in [-0.3, -0.25) is 9.59 Å². The first-order valence-electron chi connectivity index (χ1n) is 7.07. The topological polar surface area (TPSA) is 70.6 Å². The first-order valence-corrected chi connectivity index (χ1v) is 7.45. The highest BCUT2D eigenvalue weighted by molar-refractivity contribution is 6.30. The number of nitrogens with zero attached hydrogens (tertiary/aromatic N) is 1. The number of rotatable bonds is 5. The quantitative estimate of drug-likeness (QED) is 0.651. The Morgan fingerprint density at radius 2 is 1.74 bits per heavy atom. The average Bonchev–Trinajstić information content (AvgIpc) is 2.57. The Labute approximate surface area is 139 Å². The fourth-order valence-electron chi connectivity index (χ4n) is 1.73. The molecule has 0 unspecified atom stereocenters. The third-order valence-corrected chi connectivity index (χ3v) is 3.25. The van der Waals surface area contributed by atoms with E-state index in [-0.39, 0.29) is 11.8 Å². The molecule has 0 aliphatic carbocycles. The van der Waals surface area contributed by atoms with Crippen LogP contribution in [0.2, 0.25) is 5.02 Å². The van der Waals surface area contributed by atoms with Gasteiger partial charge in [0.15, 0.2) is 0 Å². The standard InChI is InChI=1S/C17H16ClN3O2/c1-2-16(22)20-15-9-5-13(6-10-15)17(23)21-19-11-12-3-7-14(18)8-4-12/h3-11H,2H2,1H3,(H,20,22)(H,21,23). The number of nitrogens with one attached hydrogen (secondary N) is 2. The smallest absolute Gasteiger partial charge is 0.271 e. The van der Waals surface area contributed by atoms with Crippen molar-refractivity contribution >= 4 is 35.3 Å². The van der Waals surface area contributed by atoms with E-state index in [0.717, 1.165) is 5.56 Å². The minimum Gasteiger partial charge on any atom is -0.326 e. The number of anilines is 1. The number of hydrogen-bond donors (Lipinski definition) is 2. The molecule has 0 aliphatic rings. The van der Waals surface area contributed by atoms with E-state index in [4.69, 9.17) is 11.6 Å². The van der Waals surface area contributed by atoms with Crippen molar-refractivity contribution in [3.8, 4) is 0 Å². The summed E-state index contributed by atoms with van der Waals surface area (Å²) in [7, 11) is 0. The van der Waals surface area contributed by atoms with Crippen molar-refractivity contribution in [1.82, 2.24) is 5.43 Å². The monoisotopic (exact) mass is 329 g/mol. The lowest BCUT2D eigenvalue weighted by Gasteiger charge is -2.04. The second-order valence-electron chi connectivity index (χ2n) is 4.73. The van der Waals surface area contributed by atoms with Crippen LogP contribution in [0.4, 0.5) is 5.69 Å². The van der Waals surface area contributed by atoms with Crippen LogP contribution in [0.25, 0.3) is 0 Å². The van der Waals surface area contributed by atoms with Gasteiger partial charge in [-0.15, -0.1) is 0 Å². The van der Waals surface area contributed by atoms with Gasteiger partial charge in [0.25, 0.3) is 5.91 Å². The summed E-state index contributed by atoms with van der Waals surface area (Å²) in [6.45, 7) is 1.77. The molecule has 23 heavy (non-hydrogen) atoms. The number of carbonyl (C=O) groups is 2. The summed E-state index contributed by atoms with van der Waals surface area (Å²) < 4.78 is 0. The van der Waals surface area contributed by atoms with Crippen molar-refractivity contribution in [2.45, 2.75) is 13.3 Å². The highest BCUT2D eigenvalue weighted by Crippen LogP contribution is 2.10. The molecule has 0 saturated heterocycles. The van der Waals surface area contributed by atoms with Gasteiger partial charge in [0, 0.05) is 22.7 Å². The van der Waals surface area contributed by atoms with Gasteiger partial charge < -0.3 is 5.32 Å². The third kappa shape index (κ3) is 5.23. The molecule has 0 spiro atoms. The van der Waals surface area contributed by atoms with Crippen LogP contribution in [0.1, 0.15) is 29.3 Å². The van der Waals surface area contributed by atoms with E-state index in [0.29, 0.717) is 22.7 Å². The molecular weight excluding hydrogens is 314 g/mol. The van der Waals surface area contributed by atoms with E-state index in [1.165, 1.54) is 6.21 Å². The lowest BCUT2D eigenvalue weighted by Crippen LogP contribution is -2.17. The minimum absolute atomic E-state index is 0.0743. The number of hydrazone groups is 1. The molecule has 2 N–H and O–H groups in total. The summed E-state index contributed by atoms with van der Waals surface area (Å²) >= 11 is 5.79. The maximum Gasteiger partial charge on any atom is 0.271 e. The summed E-state index contributed by atoms with van der Waals surface area (Å²) in [5, 5.41) is 7.25. The van der Waals surface area contributed by atoms with Crippen molar-refractivity contribution in [3.05, 3.63) is 64.7 Å². The molecule has 2 rings (SSSR count). The highest BCUT2D eigenvalue weighted by atomic mass is 35.5. The van der Waals surface area contributed by atoms with E-state index < -0.39 is 0 Å². The second kappa shape index (κ2) is 8.10. The van der Waals surface area contributed by atoms with Gasteiger partial charge in [-0.2, -0.15) is 5.10 Å². The summed E-state index contributed by atoms with van der Waals surface area (Å²) in [5.74, 6) is -0.404. The molecule has 0 heterocycles. The van der Waals surface area contributed by atoms with Gasteiger partial charge in [0.05, 0.1) is 6.21 Å². The van der Waals surface area contributed by atoms with Crippen molar-refractivity contribution in [2.75, 3.05) is 5.32 Å². The van der Waals surface area contributed by atoms with E-state index >= 15 is 0 Å². The maximum atomic E-state index is 11.9. The SMILES string of the molecule is CCC(=O)Nc1ccc(C(=O)NN=Cc2ccc(Cl)cc2)cc1. The Hall–Kier alpha value is -2.66. The summed E-state index contributed by atoms with van der Waals surface area (Å²) in [6.07, 6.45) is 1.94. The lowest BCUT2D eigenvalue weighted by atomic mass is 10.2. The van der Waals surface area contributed by atoms with Crippen LogP contribution in [-0.2, 0) is 4.79 Å². The Morgan fingerprint density at radius 1 is 1.09 bits per heavy atom. The number of halogens is 1. The van der Waals surface area contributed by atoms with Gasteiger partial charge in [0.2, 0.25) is 5.91 Å². The number of hydrogen-bond acceptors (Lipinski definition) is 3. The van der Waals surface area contributed by atoms with Crippen LogP contribution in [0, 0.1) is 0 Å². The zero-order valence-electron chi connectivity index (χ0n) is 12.5. The first kappa shape index (κ1) is 16.7. The zero-order valence-corrected chi connectivity index (χ0v) is 13.3. The molecule has 6 heteroatoms. The van der Waals surface area contributed by atoms with Crippen molar-refractivity contribution in [2.24, 2.45) is 5.10 Å². The molecule has 2 amide bonds. The molecule has 0 atom stereocenters. The minimum atomic E-state index is -0.330. The molecule has 118 valence electrons. The number of benzene rings is 2. The fourth-order valence-corrected chi connectivity index (χ4v) is 1.86. The molecule has 0 bridgehead atoms. The normalized spacial score (nSPS) is 10.5. The molecular formula is C17H16ClN3O2. The van der Waals surface area contributed by atoms with Crippen LogP contribution in [0.5, 0.6) is 0 Å². The van der Waals surface area contributed by atoms with E-state index in [1.54, 1.807) is 55.5 Å². The molecule has 0 saturated carbocycles. The molecule has 2 aromatic carbocycles. The lowest BCUT2D eigenvalue weighted by molar-refractivity contribution is -0.115. The fraction of sp³-hybridized carbons (Fsp3) is 0.118. The van der Waals surface area contributed by atoms with E-state index in [1.807, 2.05) is 0 Å². The van der Waals surface area contributed by atoms with Gasteiger partial charge >= 0.3 is 0 Å². The predicted molar refractivity (Wildman–Crippen MR) is 91.9 cm³/mol. The largest absolute Gasteiger partial charge is 0.326 e. The summed E-state index contributed by atoms with van der Waals surface area (Å²) in [6, 6.07) is 13.7. The average molecular weight is 330 g/mol. The van der Waals surface area contributed by atoms with Crippen LogP contribution in [0.15, 0.2) is 53.6 Å². The highest BCUT2D eigenvalue weighted by Gasteiger charge is 2.05. The molecule has 5 nitrogen and oxygen atoms in total. The molecule has 2 aromatic rings. The Kier molecular flexibility index (Phi) is 5.88. The van der Waals surface area contributed by atoms with Crippen molar-refractivity contribution in [1.29, 1.82) is 0 Å². The molecule has 0 radical (unpaired) electrons. The Bertz CT molecular complexity index is 710. The summed E-state index contributed by atoms with van der Waals surface area (Å²) in [5.41, 5.74) is 4.37. The van der Waals surface area contributed by atoms with Gasteiger partial charge in [-0.25, -0.2) is 5.43 Å². The third-order valence-electron chi connectivity index (χ3n) is 3.00. The van der Waals surface area contributed by atoms with Crippen molar-refractivity contribution < 1.29 is 9.59 Å². The van der Waals surface area contributed by atoms with Gasteiger partial charge in [-0.05, 0) is 42.0 Å². The zero-order chi connectivity index (χ0) is 16.7. The van der Waals surface area contributed by atoms with Gasteiger partial charge in [0.1, 0.15) is 0 Å². The predicted octanol–water partition coefficient (Wildman–Crippen LogP) is 3.45. The van der Waals surface area contributed by atoms with Crippen molar-refractivity contribution in [3.63, 3.8) is 0 Å². The van der Waals surface area contributed by atoms with Gasteiger partial charge in [-0.1, -0.05) is 30.7 Å². The first-order chi connectivity index (χ1) is 11.1. The second-order valence-corrected chi connectivity index (χ2v) is 5.17. The van der Waals surface area contributed by atoms with Crippen LogP contribution < -0.4 is 10.7 Å². The number of carbonyl (C=O) groups excluding carboxylic acids is 2. The van der Waals surface area contributed by atoms with Crippen LogP contribution in [0.3, 0.4) is 0 Å². The van der Waals surface area contributed by atoms with E-state index in [2.05, 4.69) is 15.8 Å². The Balaban J connectivity index is 1.92. The van der Waals surface area contributed by atoms with Crippen LogP contribution in [-0.4, -0.2) is 18.0 Å². The molecule has 0 aromatic heterocycles. The van der Waals surface area contributed by atoms with Crippen LogP contribution >= 0.6 is 11.6 Å². The Morgan fingerprint density at radius 3 is 2.35 bits per heavy atom. The van der Waals surface area contributed by atoms with E-state index in [9.17, 15) is 9.59 Å². The number of amides is 2. The molecule has 0 aliphatic heterocycles.